The highest BCUT2D eigenvalue weighted by molar-refractivity contribution is 5.74. The van der Waals surface area contributed by atoms with Crippen molar-refractivity contribution in [1.29, 1.82) is 0 Å². The number of ether oxygens (including phenoxy) is 3. The summed E-state index contributed by atoms with van der Waals surface area (Å²) in [4.78, 5) is 0. The minimum Gasteiger partial charge on any atom is -0.507 e. The summed E-state index contributed by atoms with van der Waals surface area (Å²) in [6, 6.07) is 12.5. The maximum absolute atomic E-state index is 10.4. The molecule has 1 heterocycles. The van der Waals surface area contributed by atoms with Crippen LogP contribution in [0.5, 0.6) is 28.7 Å². The highest BCUT2D eigenvalue weighted by Gasteiger charge is 2.18. The Hall–Kier alpha value is -3.15. The number of hydrogen-bond donors (Lipinski definition) is 2. The third-order valence-electron chi connectivity index (χ3n) is 3.78. The van der Waals surface area contributed by atoms with Crippen molar-refractivity contribution in [3.05, 3.63) is 48.2 Å². The van der Waals surface area contributed by atoms with Gasteiger partial charge in [0.1, 0.15) is 28.7 Å². The van der Waals surface area contributed by atoms with Crippen LogP contribution in [-0.2, 0) is 0 Å². The standard InChI is InChI=1S/C20H22N2O4/c1-4-24-14-6-8-15(9-7-14)26-20-13(3)21-22-19(20)17-11-10-16(25-5-2)12-18(17)23/h6-12,23H,4-5H2,1-3H3,(H,21,22). The minimum absolute atomic E-state index is 0.0824. The lowest BCUT2D eigenvalue weighted by atomic mass is 10.1. The first-order chi connectivity index (χ1) is 12.6. The lowest BCUT2D eigenvalue weighted by molar-refractivity contribution is 0.338. The summed E-state index contributed by atoms with van der Waals surface area (Å²) in [5.41, 5.74) is 1.87. The number of aromatic amines is 1. The van der Waals surface area contributed by atoms with Gasteiger partial charge in [-0.05, 0) is 57.2 Å². The number of nitrogens with one attached hydrogen (secondary N) is 1. The van der Waals surface area contributed by atoms with Crippen molar-refractivity contribution in [2.75, 3.05) is 13.2 Å². The Morgan fingerprint density at radius 3 is 2.19 bits per heavy atom. The van der Waals surface area contributed by atoms with E-state index in [0.717, 1.165) is 11.4 Å². The van der Waals surface area contributed by atoms with E-state index >= 15 is 0 Å². The number of phenols is 1. The van der Waals surface area contributed by atoms with Gasteiger partial charge in [-0.3, -0.25) is 5.10 Å². The zero-order valence-electron chi connectivity index (χ0n) is 15.1. The molecule has 2 aromatic carbocycles. The van der Waals surface area contributed by atoms with Gasteiger partial charge in [-0.15, -0.1) is 0 Å². The van der Waals surface area contributed by atoms with Crippen molar-refractivity contribution < 1.29 is 19.3 Å². The first kappa shape index (κ1) is 17.7. The predicted molar refractivity (Wildman–Crippen MR) is 99.3 cm³/mol. The number of aryl methyl sites for hydroxylation is 1. The SMILES string of the molecule is CCOc1ccc(Oc2c(-c3ccc(OCC)cc3O)n[nH]c2C)cc1. The Kier molecular flexibility index (Phi) is 5.31. The quantitative estimate of drug-likeness (QED) is 0.644. The van der Waals surface area contributed by atoms with Gasteiger partial charge in [-0.25, -0.2) is 0 Å². The summed E-state index contributed by atoms with van der Waals surface area (Å²) in [7, 11) is 0. The molecule has 6 nitrogen and oxygen atoms in total. The van der Waals surface area contributed by atoms with Crippen LogP contribution in [0.3, 0.4) is 0 Å². The normalized spacial score (nSPS) is 10.6. The van der Waals surface area contributed by atoms with Gasteiger partial charge in [0.05, 0.1) is 18.9 Å². The van der Waals surface area contributed by atoms with Crippen LogP contribution in [-0.4, -0.2) is 28.5 Å². The fourth-order valence-electron chi connectivity index (χ4n) is 2.58. The summed E-state index contributed by atoms with van der Waals surface area (Å²) in [5.74, 6) is 2.69. The predicted octanol–water partition coefficient (Wildman–Crippen LogP) is 4.68. The van der Waals surface area contributed by atoms with Crippen molar-refractivity contribution in [3.63, 3.8) is 0 Å². The third kappa shape index (κ3) is 3.74. The maximum atomic E-state index is 10.4. The van der Waals surface area contributed by atoms with Crippen molar-refractivity contribution >= 4 is 0 Å². The molecule has 0 amide bonds. The second-order valence-electron chi connectivity index (χ2n) is 5.64. The molecule has 0 bridgehead atoms. The smallest absolute Gasteiger partial charge is 0.176 e. The van der Waals surface area contributed by atoms with Crippen LogP contribution in [0.25, 0.3) is 11.3 Å². The lowest BCUT2D eigenvalue weighted by Gasteiger charge is -2.10. The summed E-state index contributed by atoms with van der Waals surface area (Å²) >= 11 is 0. The van der Waals surface area contributed by atoms with Gasteiger partial charge in [0, 0.05) is 11.6 Å². The monoisotopic (exact) mass is 354 g/mol. The molecule has 0 radical (unpaired) electrons. The molecule has 0 spiro atoms. The van der Waals surface area contributed by atoms with Gasteiger partial charge in [0.2, 0.25) is 0 Å². The maximum Gasteiger partial charge on any atom is 0.176 e. The molecule has 0 aliphatic heterocycles. The van der Waals surface area contributed by atoms with E-state index in [2.05, 4.69) is 10.2 Å². The van der Waals surface area contributed by atoms with E-state index in [1.165, 1.54) is 0 Å². The van der Waals surface area contributed by atoms with Gasteiger partial charge < -0.3 is 19.3 Å². The van der Waals surface area contributed by atoms with E-state index in [0.29, 0.717) is 41.7 Å². The van der Waals surface area contributed by atoms with Crippen LogP contribution in [0.1, 0.15) is 19.5 Å². The molecule has 0 atom stereocenters. The number of rotatable bonds is 7. The third-order valence-corrected chi connectivity index (χ3v) is 3.78. The number of H-pyrrole nitrogens is 1. The molecule has 1 aromatic heterocycles. The summed E-state index contributed by atoms with van der Waals surface area (Å²) in [6.07, 6.45) is 0. The zero-order valence-corrected chi connectivity index (χ0v) is 15.1. The number of hydrogen-bond acceptors (Lipinski definition) is 5. The summed E-state index contributed by atoms with van der Waals surface area (Å²) in [5, 5.41) is 17.6. The van der Waals surface area contributed by atoms with Crippen LogP contribution < -0.4 is 14.2 Å². The van der Waals surface area contributed by atoms with E-state index in [1.54, 1.807) is 18.2 Å². The Morgan fingerprint density at radius 1 is 0.923 bits per heavy atom. The second kappa shape index (κ2) is 7.82. The number of aromatic hydroxyl groups is 1. The molecule has 26 heavy (non-hydrogen) atoms. The largest absolute Gasteiger partial charge is 0.507 e. The minimum atomic E-state index is 0.0824. The molecule has 3 rings (SSSR count). The Labute approximate surface area is 152 Å². The Morgan fingerprint density at radius 2 is 1.54 bits per heavy atom. The molecular formula is C20H22N2O4. The molecule has 0 aliphatic rings. The molecule has 136 valence electrons. The van der Waals surface area contributed by atoms with Crippen molar-refractivity contribution in [2.24, 2.45) is 0 Å². The van der Waals surface area contributed by atoms with Crippen molar-refractivity contribution in [2.45, 2.75) is 20.8 Å². The summed E-state index contributed by atoms with van der Waals surface area (Å²) in [6.45, 7) is 6.85. The molecule has 0 fully saturated rings. The van der Waals surface area contributed by atoms with Gasteiger partial charge in [0.25, 0.3) is 0 Å². The van der Waals surface area contributed by atoms with E-state index in [-0.39, 0.29) is 5.75 Å². The van der Waals surface area contributed by atoms with Crippen LogP contribution in [0.4, 0.5) is 0 Å². The average Bonchev–Trinajstić information content (AvgIpc) is 2.98. The Balaban J connectivity index is 1.89. The topological polar surface area (TPSA) is 76.6 Å². The van der Waals surface area contributed by atoms with Crippen molar-refractivity contribution in [1.82, 2.24) is 10.2 Å². The Bertz CT molecular complexity index is 872. The molecular weight excluding hydrogens is 332 g/mol. The molecule has 6 heteroatoms. The van der Waals surface area contributed by atoms with E-state index in [4.69, 9.17) is 14.2 Å². The number of nitrogens with zero attached hydrogens (tertiary/aromatic N) is 1. The van der Waals surface area contributed by atoms with Gasteiger partial charge in [0.15, 0.2) is 5.75 Å². The summed E-state index contributed by atoms with van der Waals surface area (Å²) < 4.78 is 16.9. The highest BCUT2D eigenvalue weighted by Crippen LogP contribution is 2.39. The zero-order chi connectivity index (χ0) is 18.5. The molecule has 0 saturated heterocycles. The first-order valence-electron chi connectivity index (χ1n) is 8.54. The number of phenolic OH excluding ortho intramolecular Hbond substituents is 1. The van der Waals surface area contributed by atoms with Crippen LogP contribution in [0, 0.1) is 6.92 Å². The van der Waals surface area contributed by atoms with Gasteiger partial charge in [-0.1, -0.05) is 0 Å². The van der Waals surface area contributed by atoms with E-state index < -0.39 is 0 Å². The molecule has 2 N–H and O–H groups in total. The first-order valence-corrected chi connectivity index (χ1v) is 8.54. The van der Waals surface area contributed by atoms with Crippen LogP contribution in [0.15, 0.2) is 42.5 Å². The van der Waals surface area contributed by atoms with Crippen LogP contribution >= 0.6 is 0 Å². The molecule has 0 saturated carbocycles. The average molecular weight is 354 g/mol. The molecule has 0 unspecified atom stereocenters. The van der Waals surface area contributed by atoms with Gasteiger partial charge in [-0.2, -0.15) is 5.10 Å². The molecule has 0 aliphatic carbocycles. The fourth-order valence-corrected chi connectivity index (χ4v) is 2.58. The molecule has 3 aromatic rings. The van der Waals surface area contributed by atoms with Gasteiger partial charge >= 0.3 is 0 Å². The van der Waals surface area contributed by atoms with Crippen LogP contribution in [0.2, 0.25) is 0 Å². The van der Waals surface area contributed by atoms with E-state index in [9.17, 15) is 5.11 Å². The highest BCUT2D eigenvalue weighted by atomic mass is 16.5. The van der Waals surface area contributed by atoms with Crippen molar-refractivity contribution in [3.8, 4) is 40.0 Å². The number of aromatic nitrogens is 2. The fraction of sp³-hybridized carbons (Fsp3) is 0.250. The lowest BCUT2D eigenvalue weighted by Crippen LogP contribution is -1.93. The second-order valence-corrected chi connectivity index (χ2v) is 5.64. The van der Waals surface area contributed by atoms with E-state index in [1.807, 2.05) is 45.0 Å². The number of benzene rings is 2.